The minimum absolute atomic E-state index is 0.296. The minimum atomic E-state index is 0.296. The van der Waals surface area contributed by atoms with Gasteiger partial charge in [0.1, 0.15) is 0 Å². The molecule has 0 bridgehead atoms. The minimum Gasteiger partial charge on any atom is -0.377 e. The molecule has 0 saturated carbocycles. The summed E-state index contributed by atoms with van der Waals surface area (Å²) < 4.78 is 6.02. The van der Waals surface area contributed by atoms with E-state index in [1.807, 2.05) is 11.8 Å². The molecule has 0 aromatic rings. The first-order valence-electron chi connectivity index (χ1n) is 7.45. The van der Waals surface area contributed by atoms with Crippen molar-refractivity contribution in [2.75, 3.05) is 45.9 Å². The summed E-state index contributed by atoms with van der Waals surface area (Å²) in [5.41, 5.74) is 0. The van der Waals surface area contributed by atoms with Crippen molar-refractivity contribution in [3.05, 3.63) is 0 Å². The van der Waals surface area contributed by atoms with Crippen LogP contribution in [0, 0.1) is 0 Å². The van der Waals surface area contributed by atoms with E-state index in [0.717, 1.165) is 45.9 Å². The Morgan fingerprint density at radius 2 is 2.11 bits per heavy atom. The predicted octanol–water partition coefficient (Wildman–Crippen LogP) is 1.66. The molecule has 0 aromatic heterocycles. The molecular formula is C14H25N3OS. The molecule has 0 unspecified atom stereocenters. The lowest BCUT2D eigenvalue weighted by Gasteiger charge is -2.36. The molecule has 0 N–H and O–H groups in total. The molecule has 0 aliphatic carbocycles. The van der Waals surface area contributed by atoms with Gasteiger partial charge >= 0.3 is 0 Å². The first kappa shape index (κ1) is 13.7. The summed E-state index contributed by atoms with van der Waals surface area (Å²) in [6.45, 7) is 12.2. The predicted molar refractivity (Wildman–Crippen MR) is 81.0 cm³/mol. The molecular weight excluding hydrogens is 258 g/mol. The third kappa shape index (κ3) is 3.44. The van der Waals surface area contributed by atoms with Gasteiger partial charge in [0.2, 0.25) is 0 Å². The van der Waals surface area contributed by atoms with Crippen molar-refractivity contribution in [1.82, 2.24) is 9.80 Å². The van der Waals surface area contributed by atoms with Crippen LogP contribution in [0.3, 0.4) is 0 Å². The third-order valence-electron chi connectivity index (χ3n) is 4.09. The highest BCUT2D eigenvalue weighted by molar-refractivity contribution is 8.15. The maximum Gasteiger partial charge on any atom is 0.159 e. The zero-order valence-corrected chi connectivity index (χ0v) is 12.9. The number of thioether (sulfide) groups is 1. The molecule has 108 valence electrons. The van der Waals surface area contributed by atoms with Crippen LogP contribution in [0.4, 0.5) is 0 Å². The van der Waals surface area contributed by atoms with Gasteiger partial charge in [-0.05, 0) is 26.7 Å². The number of amidine groups is 1. The number of ether oxygens (including phenoxy) is 1. The van der Waals surface area contributed by atoms with Crippen molar-refractivity contribution in [3.63, 3.8) is 0 Å². The van der Waals surface area contributed by atoms with Crippen LogP contribution in [0.2, 0.25) is 0 Å². The van der Waals surface area contributed by atoms with Crippen LogP contribution in [0.1, 0.15) is 26.7 Å². The molecule has 0 amide bonds. The molecule has 19 heavy (non-hydrogen) atoms. The standard InChI is InChI=1S/C14H25N3OS/c1-14(2)11-15-13(19-14)17-7-5-16(6-8-17)10-12-4-3-9-18-12/h12H,3-11H2,1-2H3/t12-/m1/s1. The van der Waals surface area contributed by atoms with Crippen LogP contribution in [-0.4, -0.2) is 71.7 Å². The molecule has 1 atom stereocenters. The summed E-state index contributed by atoms with van der Waals surface area (Å²) >= 11 is 1.94. The number of piperazine rings is 1. The Hall–Kier alpha value is -0.260. The van der Waals surface area contributed by atoms with E-state index in [2.05, 4.69) is 23.6 Å². The molecule has 3 aliphatic rings. The lowest BCUT2D eigenvalue weighted by molar-refractivity contribution is 0.0607. The Balaban J connectivity index is 1.44. The van der Waals surface area contributed by atoms with Crippen molar-refractivity contribution >= 4 is 16.9 Å². The van der Waals surface area contributed by atoms with E-state index in [1.54, 1.807) is 0 Å². The zero-order chi connectivity index (χ0) is 13.3. The molecule has 5 heteroatoms. The van der Waals surface area contributed by atoms with Crippen molar-refractivity contribution in [2.24, 2.45) is 4.99 Å². The molecule has 2 fully saturated rings. The Morgan fingerprint density at radius 3 is 2.68 bits per heavy atom. The van der Waals surface area contributed by atoms with E-state index in [4.69, 9.17) is 9.73 Å². The van der Waals surface area contributed by atoms with Crippen LogP contribution < -0.4 is 0 Å². The number of aliphatic imine (C=N–C) groups is 1. The molecule has 0 radical (unpaired) electrons. The van der Waals surface area contributed by atoms with Gasteiger partial charge in [0.05, 0.1) is 12.6 Å². The highest BCUT2D eigenvalue weighted by Gasteiger charge is 2.32. The first-order chi connectivity index (χ1) is 9.12. The van der Waals surface area contributed by atoms with Gasteiger partial charge in [-0.2, -0.15) is 0 Å². The van der Waals surface area contributed by atoms with E-state index < -0.39 is 0 Å². The van der Waals surface area contributed by atoms with Gasteiger partial charge in [-0.15, -0.1) is 0 Å². The molecule has 3 aliphatic heterocycles. The molecule has 4 nitrogen and oxygen atoms in total. The second-order valence-electron chi connectivity index (χ2n) is 6.38. The summed E-state index contributed by atoms with van der Waals surface area (Å²) in [5, 5.41) is 1.27. The Bertz CT molecular complexity index is 345. The average molecular weight is 283 g/mol. The third-order valence-corrected chi connectivity index (χ3v) is 5.34. The molecule has 2 saturated heterocycles. The van der Waals surface area contributed by atoms with Gasteiger partial charge in [0.15, 0.2) is 5.17 Å². The van der Waals surface area contributed by atoms with Crippen molar-refractivity contribution in [3.8, 4) is 0 Å². The van der Waals surface area contributed by atoms with Crippen molar-refractivity contribution in [2.45, 2.75) is 37.5 Å². The largest absolute Gasteiger partial charge is 0.377 e. The van der Waals surface area contributed by atoms with Gasteiger partial charge in [0.25, 0.3) is 0 Å². The fraction of sp³-hybridized carbons (Fsp3) is 0.929. The number of nitrogens with zero attached hydrogens (tertiary/aromatic N) is 3. The summed E-state index contributed by atoms with van der Waals surface area (Å²) in [4.78, 5) is 9.72. The maximum absolute atomic E-state index is 5.73. The number of rotatable bonds is 2. The molecule has 3 rings (SSSR count). The van der Waals surface area contributed by atoms with Gasteiger partial charge in [0, 0.05) is 44.1 Å². The normalized spacial score (nSPS) is 31.8. The van der Waals surface area contributed by atoms with Crippen LogP contribution in [0.25, 0.3) is 0 Å². The second kappa shape index (κ2) is 5.62. The zero-order valence-electron chi connectivity index (χ0n) is 12.1. The number of hydrogen-bond acceptors (Lipinski definition) is 5. The van der Waals surface area contributed by atoms with E-state index in [0.29, 0.717) is 10.9 Å². The first-order valence-corrected chi connectivity index (χ1v) is 8.26. The lowest BCUT2D eigenvalue weighted by atomic mass is 10.2. The van der Waals surface area contributed by atoms with Gasteiger partial charge < -0.3 is 9.64 Å². The Morgan fingerprint density at radius 1 is 1.32 bits per heavy atom. The summed E-state index contributed by atoms with van der Waals surface area (Å²) in [6.07, 6.45) is 2.98. The summed E-state index contributed by atoms with van der Waals surface area (Å²) in [5.74, 6) is 0. The smallest absolute Gasteiger partial charge is 0.159 e. The monoisotopic (exact) mass is 283 g/mol. The molecule has 3 heterocycles. The van der Waals surface area contributed by atoms with Crippen molar-refractivity contribution < 1.29 is 4.74 Å². The van der Waals surface area contributed by atoms with Gasteiger partial charge in [-0.3, -0.25) is 9.89 Å². The van der Waals surface area contributed by atoms with Crippen LogP contribution >= 0.6 is 11.8 Å². The highest BCUT2D eigenvalue weighted by atomic mass is 32.2. The Labute approximate surface area is 120 Å². The van der Waals surface area contributed by atoms with Crippen LogP contribution in [-0.2, 0) is 4.74 Å². The fourth-order valence-corrected chi connectivity index (χ4v) is 4.00. The second-order valence-corrected chi connectivity index (χ2v) is 8.06. The van der Waals surface area contributed by atoms with Gasteiger partial charge in [-0.1, -0.05) is 11.8 Å². The van der Waals surface area contributed by atoms with E-state index >= 15 is 0 Å². The van der Waals surface area contributed by atoms with E-state index in [-0.39, 0.29) is 0 Å². The van der Waals surface area contributed by atoms with E-state index in [9.17, 15) is 0 Å². The Kier molecular flexibility index (Phi) is 4.06. The summed E-state index contributed by atoms with van der Waals surface area (Å²) in [7, 11) is 0. The fourth-order valence-electron chi connectivity index (χ4n) is 2.93. The quantitative estimate of drug-likeness (QED) is 0.770. The topological polar surface area (TPSA) is 28.1 Å². The number of hydrogen-bond donors (Lipinski definition) is 0. The SMILES string of the molecule is CC1(C)CN=C(N2CCN(C[C@H]3CCCO3)CC2)S1. The van der Waals surface area contributed by atoms with E-state index in [1.165, 1.54) is 18.0 Å². The molecule has 0 aromatic carbocycles. The highest BCUT2D eigenvalue weighted by Crippen LogP contribution is 2.33. The van der Waals surface area contributed by atoms with Crippen LogP contribution in [0.15, 0.2) is 4.99 Å². The maximum atomic E-state index is 5.73. The summed E-state index contributed by atoms with van der Waals surface area (Å²) in [6, 6.07) is 0. The average Bonchev–Trinajstić information content (AvgIpc) is 3.00. The van der Waals surface area contributed by atoms with Crippen LogP contribution in [0.5, 0.6) is 0 Å². The lowest BCUT2D eigenvalue weighted by Crippen LogP contribution is -2.49. The molecule has 0 spiro atoms. The van der Waals surface area contributed by atoms with Crippen molar-refractivity contribution in [1.29, 1.82) is 0 Å². The van der Waals surface area contributed by atoms with Gasteiger partial charge in [-0.25, -0.2) is 0 Å².